The minimum atomic E-state index is -0.0981. The molecule has 0 radical (unpaired) electrons. The molecule has 16 heavy (non-hydrogen) atoms. The van der Waals surface area contributed by atoms with Gasteiger partial charge in [-0.15, -0.1) is 0 Å². The molecule has 0 aliphatic carbocycles. The lowest BCUT2D eigenvalue weighted by Crippen LogP contribution is -2.48. The number of morpholine rings is 1. The lowest BCUT2D eigenvalue weighted by atomic mass is 10.2. The molecule has 1 aliphatic rings. The summed E-state index contributed by atoms with van der Waals surface area (Å²) in [5, 5.41) is 5.61. The van der Waals surface area contributed by atoms with Crippen LogP contribution in [0.25, 0.3) is 0 Å². The van der Waals surface area contributed by atoms with E-state index in [-0.39, 0.29) is 12.1 Å². The van der Waals surface area contributed by atoms with Gasteiger partial charge in [0.1, 0.15) is 0 Å². The number of hydrogen-bond donors (Lipinski definition) is 2. The number of carbonyl (C=O) groups excluding carboxylic acids is 1. The van der Waals surface area contributed by atoms with Crippen LogP contribution in [0.4, 0.5) is 4.79 Å². The van der Waals surface area contributed by atoms with Gasteiger partial charge in [0.25, 0.3) is 0 Å². The molecule has 1 saturated heterocycles. The maximum atomic E-state index is 11.3. The molecule has 1 heterocycles. The number of likely N-dealkylation sites (N-methyl/N-ethyl adjacent to an activating group) is 1. The fraction of sp³-hybridized carbons (Fsp3) is 0.909. The highest BCUT2D eigenvalue weighted by atomic mass is 16.5. The van der Waals surface area contributed by atoms with Crippen LogP contribution in [-0.2, 0) is 4.74 Å². The highest BCUT2D eigenvalue weighted by Crippen LogP contribution is 2.03. The number of urea groups is 1. The van der Waals surface area contributed by atoms with E-state index in [1.165, 1.54) is 0 Å². The van der Waals surface area contributed by atoms with E-state index in [4.69, 9.17) is 4.74 Å². The molecule has 0 bridgehead atoms. The number of nitrogens with zero attached hydrogens (tertiary/aromatic N) is 1. The molecule has 5 nitrogen and oxygen atoms in total. The van der Waals surface area contributed by atoms with E-state index in [0.717, 1.165) is 39.2 Å². The van der Waals surface area contributed by atoms with Crippen LogP contribution in [-0.4, -0.2) is 56.4 Å². The average molecular weight is 229 g/mol. The number of hydrogen-bond acceptors (Lipinski definition) is 3. The first kappa shape index (κ1) is 13.3. The zero-order chi connectivity index (χ0) is 11.8. The van der Waals surface area contributed by atoms with Crippen molar-refractivity contribution in [2.24, 2.45) is 0 Å². The van der Waals surface area contributed by atoms with Gasteiger partial charge in [0.2, 0.25) is 0 Å². The van der Waals surface area contributed by atoms with E-state index < -0.39 is 0 Å². The zero-order valence-corrected chi connectivity index (χ0v) is 10.3. The predicted molar refractivity (Wildman–Crippen MR) is 63.5 cm³/mol. The summed E-state index contributed by atoms with van der Waals surface area (Å²) in [4.78, 5) is 13.6. The van der Waals surface area contributed by atoms with Crippen molar-refractivity contribution in [3.05, 3.63) is 0 Å². The van der Waals surface area contributed by atoms with Gasteiger partial charge in [0.15, 0.2) is 0 Å². The Bertz CT molecular complexity index is 211. The molecular weight excluding hydrogens is 206 g/mol. The van der Waals surface area contributed by atoms with Crippen LogP contribution < -0.4 is 10.6 Å². The SMILES string of the molecule is CCCNC(=O)NCC1CN(CC)CCO1. The number of ether oxygens (including phenoxy) is 1. The third kappa shape index (κ3) is 4.81. The minimum absolute atomic E-state index is 0.0981. The van der Waals surface area contributed by atoms with Gasteiger partial charge in [0, 0.05) is 26.2 Å². The first-order chi connectivity index (χ1) is 7.76. The summed E-state index contributed by atoms with van der Waals surface area (Å²) in [6, 6.07) is -0.0981. The van der Waals surface area contributed by atoms with Gasteiger partial charge in [-0.2, -0.15) is 0 Å². The molecule has 0 aromatic heterocycles. The second-order valence-electron chi connectivity index (χ2n) is 4.02. The molecule has 0 aromatic rings. The Morgan fingerprint density at radius 2 is 2.25 bits per heavy atom. The third-order valence-electron chi connectivity index (χ3n) is 2.70. The molecule has 2 amide bonds. The molecule has 1 aliphatic heterocycles. The van der Waals surface area contributed by atoms with Crippen molar-refractivity contribution in [2.45, 2.75) is 26.4 Å². The van der Waals surface area contributed by atoms with Crippen LogP contribution in [0.3, 0.4) is 0 Å². The van der Waals surface area contributed by atoms with E-state index in [1.807, 2.05) is 6.92 Å². The smallest absolute Gasteiger partial charge is 0.314 e. The van der Waals surface area contributed by atoms with Crippen LogP contribution in [0.2, 0.25) is 0 Å². The van der Waals surface area contributed by atoms with E-state index in [0.29, 0.717) is 6.54 Å². The van der Waals surface area contributed by atoms with Gasteiger partial charge in [-0.05, 0) is 13.0 Å². The van der Waals surface area contributed by atoms with Gasteiger partial charge in [-0.1, -0.05) is 13.8 Å². The Kier molecular flexibility index (Phi) is 6.18. The van der Waals surface area contributed by atoms with Gasteiger partial charge >= 0.3 is 6.03 Å². The van der Waals surface area contributed by atoms with Gasteiger partial charge < -0.3 is 15.4 Å². The molecule has 1 rings (SSSR count). The molecule has 0 spiro atoms. The highest BCUT2D eigenvalue weighted by Gasteiger charge is 2.19. The predicted octanol–water partition coefficient (Wildman–Crippen LogP) is 0.416. The number of rotatable bonds is 5. The van der Waals surface area contributed by atoms with Crippen molar-refractivity contribution in [1.82, 2.24) is 15.5 Å². The Morgan fingerprint density at radius 1 is 1.44 bits per heavy atom. The van der Waals surface area contributed by atoms with Gasteiger partial charge in [-0.3, -0.25) is 4.90 Å². The van der Waals surface area contributed by atoms with Crippen molar-refractivity contribution in [3.63, 3.8) is 0 Å². The van der Waals surface area contributed by atoms with Crippen molar-refractivity contribution >= 4 is 6.03 Å². The van der Waals surface area contributed by atoms with E-state index in [9.17, 15) is 4.79 Å². The van der Waals surface area contributed by atoms with Crippen LogP contribution >= 0.6 is 0 Å². The van der Waals surface area contributed by atoms with Crippen molar-refractivity contribution in [2.75, 3.05) is 39.3 Å². The summed E-state index contributed by atoms with van der Waals surface area (Å²) >= 11 is 0. The summed E-state index contributed by atoms with van der Waals surface area (Å²) in [6.07, 6.45) is 1.08. The maximum absolute atomic E-state index is 11.3. The third-order valence-corrected chi connectivity index (χ3v) is 2.70. The van der Waals surface area contributed by atoms with Gasteiger partial charge in [0.05, 0.1) is 12.7 Å². The lowest BCUT2D eigenvalue weighted by Gasteiger charge is -2.32. The molecule has 94 valence electrons. The molecule has 5 heteroatoms. The Hall–Kier alpha value is -0.810. The molecule has 1 fully saturated rings. The fourth-order valence-corrected chi connectivity index (χ4v) is 1.70. The second-order valence-corrected chi connectivity index (χ2v) is 4.02. The topological polar surface area (TPSA) is 53.6 Å². The summed E-state index contributed by atoms with van der Waals surface area (Å²) in [7, 11) is 0. The first-order valence-corrected chi connectivity index (χ1v) is 6.12. The van der Waals surface area contributed by atoms with Crippen LogP contribution in [0, 0.1) is 0 Å². The molecular formula is C11H23N3O2. The van der Waals surface area contributed by atoms with Crippen molar-refractivity contribution in [1.29, 1.82) is 0 Å². The molecule has 1 unspecified atom stereocenters. The van der Waals surface area contributed by atoms with Gasteiger partial charge in [-0.25, -0.2) is 4.79 Å². The molecule has 0 aromatic carbocycles. The number of carbonyl (C=O) groups is 1. The standard InChI is InChI=1S/C11H23N3O2/c1-3-5-12-11(15)13-8-10-9-14(4-2)6-7-16-10/h10H,3-9H2,1-2H3,(H2,12,13,15). The average Bonchev–Trinajstić information content (AvgIpc) is 2.34. The zero-order valence-electron chi connectivity index (χ0n) is 10.3. The Morgan fingerprint density at radius 3 is 2.94 bits per heavy atom. The van der Waals surface area contributed by atoms with E-state index in [2.05, 4.69) is 22.5 Å². The molecule has 2 N–H and O–H groups in total. The summed E-state index contributed by atoms with van der Waals surface area (Å²) in [5.74, 6) is 0. The van der Waals surface area contributed by atoms with Crippen molar-refractivity contribution in [3.8, 4) is 0 Å². The maximum Gasteiger partial charge on any atom is 0.314 e. The fourth-order valence-electron chi connectivity index (χ4n) is 1.70. The lowest BCUT2D eigenvalue weighted by molar-refractivity contribution is -0.0239. The molecule has 0 saturated carbocycles. The minimum Gasteiger partial charge on any atom is -0.374 e. The van der Waals surface area contributed by atoms with Crippen LogP contribution in [0.5, 0.6) is 0 Å². The second kappa shape index (κ2) is 7.46. The summed E-state index contributed by atoms with van der Waals surface area (Å²) < 4.78 is 5.58. The van der Waals surface area contributed by atoms with Crippen LogP contribution in [0.1, 0.15) is 20.3 Å². The largest absolute Gasteiger partial charge is 0.374 e. The normalized spacial score (nSPS) is 21.8. The molecule has 1 atom stereocenters. The summed E-state index contributed by atoms with van der Waals surface area (Å²) in [6.45, 7) is 9.19. The van der Waals surface area contributed by atoms with Crippen molar-refractivity contribution < 1.29 is 9.53 Å². The monoisotopic (exact) mass is 229 g/mol. The summed E-state index contributed by atoms with van der Waals surface area (Å²) in [5.41, 5.74) is 0. The van der Waals surface area contributed by atoms with E-state index in [1.54, 1.807) is 0 Å². The Labute approximate surface area is 97.5 Å². The Balaban J connectivity index is 2.14. The van der Waals surface area contributed by atoms with E-state index >= 15 is 0 Å². The number of amides is 2. The first-order valence-electron chi connectivity index (χ1n) is 6.12. The number of nitrogens with one attached hydrogen (secondary N) is 2. The van der Waals surface area contributed by atoms with Crippen LogP contribution in [0.15, 0.2) is 0 Å². The quantitative estimate of drug-likeness (QED) is 0.718. The highest BCUT2D eigenvalue weighted by molar-refractivity contribution is 5.73.